The lowest BCUT2D eigenvalue weighted by molar-refractivity contribution is -0.128. The highest BCUT2D eigenvalue weighted by Crippen LogP contribution is 2.59. The van der Waals surface area contributed by atoms with E-state index in [4.69, 9.17) is 0 Å². The van der Waals surface area contributed by atoms with Gasteiger partial charge < -0.3 is 21.1 Å². The summed E-state index contributed by atoms with van der Waals surface area (Å²) in [5, 5.41) is 19.6. The minimum Gasteiger partial charge on any atom is -0.393 e. The van der Waals surface area contributed by atoms with Crippen LogP contribution in [-0.4, -0.2) is 48.1 Å². The maximum Gasteiger partial charge on any atom is 0.223 e. The van der Waals surface area contributed by atoms with Gasteiger partial charge in [-0.25, -0.2) is 0 Å². The smallest absolute Gasteiger partial charge is 0.223 e. The monoisotopic (exact) mass is 666 g/mol. The summed E-state index contributed by atoms with van der Waals surface area (Å²) in [5.74, 6) is 1.35. The van der Waals surface area contributed by atoms with Gasteiger partial charge >= 0.3 is 0 Å². The number of unbranched alkanes of at least 4 members (excludes halogenated alkanes) is 4. The Labute approximate surface area is 291 Å². The summed E-state index contributed by atoms with van der Waals surface area (Å²) >= 11 is 0. The molecule has 0 bridgehead atoms. The number of aliphatic hydroxyl groups is 1. The molecule has 4 fully saturated rings. The molecular weight excluding hydrogens is 598 g/mol. The van der Waals surface area contributed by atoms with Crippen LogP contribution in [-0.2, 0) is 14.4 Å². The summed E-state index contributed by atoms with van der Waals surface area (Å²) in [7, 11) is 0. The van der Waals surface area contributed by atoms with Crippen LogP contribution in [0.15, 0.2) is 35.5 Å². The normalized spacial score (nSPS) is 28.9. The summed E-state index contributed by atoms with van der Waals surface area (Å²) < 4.78 is 0. The van der Waals surface area contributed by atoms with Crippen molar-refractivity contribution in [1.29, 1.82) is 0 Å². The van der Waals surface area contributed by atoms with Crippen molar-refractivity contribution in [3.8, 4) is 0 Å². The van der Waals surface area contributed by atoms with Gasteiger partial charge in [0.15, 0.2) is 0 Å². The number of fused-ring (bicyclic) bond motifs is 1. The topological polar surface area (TPSA) is 108 Å². The second kappa shape index (κ2) is 19.7. The van der Waals surface area contributed by atoms with Crippen LogP contribution in [0.5, 0.6) is 0 Å². The highest BCUT2D eigenvalue weighted by atomic mass is 16.3. The lowest BCUT2D eigenvalue weighted by atomic mass is 9.61. The molecule has 270 valence electrons. The van der Waals surface area contributed by atoms with Crippen molar-refractivity contribution in [1.82, 2.24) is 16.0 Å². The van der Waals surface area contributed by atoms with Crippen LogP contribution < -0.4 is 16.0 Å². The van der Waals surface area contributed by atoms with Crippen LogP contribution in [0.2, 0.25) is 0 Å². The first kappa shape index (κ1) is 38.4. The fourth-order valence-electron chi connectivity index (χ4n) is 9.27. The molecule has 0 heterocycles. The molecule has 0 aliphatic heterocycles. The number of hydrogen-bond donors (Lipinski definition) is 4. The molecule has 0 radical (unpaired) electrons. The molecule has 0 spiro atoms. The van der Waals surface area contributed by atoms with Crippen LogP contribution in [0.25, 0.3) is 0 Å². The molecule has 3 amide bonds. The molecule has 7 nitrogen and oxygen atoms in total. The van der Waals surface area contributed by atoms with Gasteiger partial charge in [-0.1, -0.05) is 82.2 Å². The number of carbonyl (C=O) groups is 3. The average Bonchev–Trinajstić information content (AvgIpc) is 3.22. The van der Waals surface area contributed by atoms with Gasteiger partial charge in [0.2, 0.25) is 17.7 Å². The fourth-order valence-corrected chi connectivity index (χ4v) is 9.27. The SMILES string of the molecule is C=C1CCC(O)CC1=CC=C1CCCC2(C)C1CCC2C(C)C(=O)NCCCCNC(=O)CCCCCCC(=O)NC1CCCCCC1. The van der Waals surface area contributed by atoms with E-state index in [0.717, 1.165) is 89.0 Å². The zero-order valence-corrected chi connectivity index (χ0v) is 30.4. The summed E-state index contributed by atoms with van der Waals surface area (Å²) in [4.78, 5) is 37.7. The number of amides is 3. The van der Waals surface area contributed by atoms with Crippen molar-refractivity contribution in [3.05, 3.63) is 35.5 Å². The molecule has 5 atom stereocenters. The van der Waals surface area contributed by atoms with E-state index in [1.165, 1.54) is 49.7 Å². The van der Waals surface area contributed by atoms with Gasteiger partial charge in [-0.2, -0.15) is 0 Å². The van der Waals surface area contributed by atoms with E-state index in [9.17, 15) is 19.5 Å². The third kappa shape index (κ3) is 11.6. The Kier molecular flexibility index (Phi) is 15.8. The number of rotatable bonds is 16. The quantitative estimate of drug-likeness (QED) is 0.0991. The number of nitrogens with one attached hydrogen (secondary N) is 3. The lowest BCUT2D eigenvalue weighted by Gasteiger charge is -2.44. The zero-order valence-electron chi connectivity index (χ0n) is 30.4. The summed E-state index contributed by atoms with van der Waals surface area (Å²) in [6, 6.07) is 0.375. The molecule has 0 aromatic heterocycles. The molecule has 7 heteroatoms. The van der Waals surface area contributed by atoms with Crippen LogP contribution in [0.3, 0.4) is 0 Å². The Bertz CT molecular complexity index is 1140. The van der Waals surface area contributed by atoms with Gasteiger partial charge in [-0.3, -0.25) is 14.4 Å². The third-order valence-electron chi connectivity index (χ3n) is 12.2. The molecule has 4 aliphatic rings. The molecule has 4 aliphatic carbocycles. The highest BCUT2D eigenvalue weighted by Gasteiger charge is 2.51. The Balaban J connectivity index is 1.05. The second-order valence-corrected chi connectivity index (χ2v) is 15.8. The van der Waals surface area contributed by atoms with Gasteiger partial charge in [0.05, 0.1) is 6.10 Å². The highest BCUT2D eigenvalue weighted by molar-refractivity contribution is 5.79. The van der Waals surface area contributed by atoms with Crippen molar-refractivity contribution < 1.29 is 19.5 Å². The minimum absolute atomic E-state index is 0.0125. The first-order valence-corrected chi connectivity index (χ1v) is 19.8. The van der Waals surface area contributed by atoms with Gasteiger partial charge in [0.1, 0.15) is 0 Å². The molecule has 0 saturated heterocycles. The zero-order chi connectivity index (χ0) is 34.4. The third-order valence-corrected chi connectivity index (χ3v) is 12.2. The van der Waals surface area contributed by atoms with E-state index in [0.29, 0.717) is 50.2 Å². The minimum atomic E-state index is -0.251. The Morgan fingerprint density at radius 3 is 2.25 bits per heavy atom. The van der Waals surface area contributed by atoms with Crippen molar-refractivity contribution in [2.24, 2.45) is 23.2 Å². The molecule has 0 aromatic rings. The summed E-state index contributed by atoms with van der Waals surface area (Å²) in [5.41, 5.74) is 4.03. The average molecular weight is 666 g/mol. The van der Waals surface area contributed by atoms with E-state index in [1.54, 1.807) is 0 Å². The largest absolute Gasteiger partial charge is 0.393 e. The van der Waals surface area contributed by atoms with E-state index in [1.807, 2.05) is 0 Å². The Morgan fingerprint density at radius 1 is 0.833 bits per heavy atom. The van der Waals surface area contributed by atoms with Gasteiger partial charge in [0, 0.05) is 37.9 Å². The van der Waals surface area contributed by atoms with Crippen molar-refractivity contribution in [3.63, 3.8) is 0 Å². The van der Waals surface area contributed by atoms with E-state index in [2.05, 4.69) is 48.5 Å². The summed E-state index contributed by atoms with van der Waals surface area (Å²) in [6.45, 7) is 10.1. The van der Waals surface area contributed by atoms with Crippen LogP contribution in [0.1, 0.15) is 155 Å². The standard InChI is InChI=1S/C41H67N3O4/c1-30-20-23-35(45)29-33(30)22-21-32-15-14-26-41(3)36(24-25-37(32)41)31(2)40(48)43-28-13-12-27-42-38(46)18-10-6-7-11-19-39(47)44-34-16-8-4-5-9-17-34/h21-22,31,34-37,45H,1,4-20,23-29H2,2-3H3,(H,42,46)(H,43,48)(H,44,47). The number of carbonyl (C=O) groups excluding carboxylic acids is 3. The van der Waals surface area contributed by atoms with Crippen molar-refractivity contribution in [2.45, 2.75) is 167 Å². The first-order valence-electron chi connectivity index (χ1n) is 19.8. The first-order chi connectivity index (χ1) is 23.2. The molecule has 4 rings (SSSR count). The lowest BCUT2D eigenvalue weighted by Crippen LogP contribution is -2.41. The Hall–Kier alpha value is -2.41. The number of allylic oxidation sites excluding steroid dienone is 4. The molecular formula is C41H67N3O4. The molecule has 5 unspecified atom stereocenters. The van der Waals surface area contributed by atoms with Crippen LogP contribution >= 0.6 is 0 Å². The van der Waals surface area contributed by atoms with E-state index >= 15 is 0 Å². The molecule has 4 saturated carbocycles. The van der Waals surface area contributed by atoms with Gasteiger partial charge in [-0.05, 0) is 113 Å². The second-order valence-electron chi connectivity index (χ2n) is 15.8. The van der Waals surface area contributed by atoms with Gasteiger partial charge in [-0.15, -0.1) is 0 Å². The fraction of sp³-hybridized carbons (Fsp3) is 0.780. The molecule has 48 heavy (non-hydrogen) atoms. The van der Waals surface area contributed by atoms with E-state index < -0.39 is 0 Å². The molecule has 0 aromatic carbocycles. The predicted octanol–water partition coefficient (Wildman–Crippen LogP) is 7.98. The molecule has 4 N–H and O–H groups in total. The van der Waals surface area contributed by atoms with Crippen LogP contribution in [0, 0.1) is 23.2 Å². The van der Waals surface area contributed by atoms with Crippen molar-refractivity contribution in [2.75, 3.05) is 13.1 Å². The maximum absolute atomic E-state index is 13.2. The van der Waals surface area contributed by atoms with Crippen LogP contribution in [0.4, 0.5) is 0 Å². The predicted molar refractivity (Wildman–Crippen MR) is 195 cm³/mol. The summed E-state index contributed by atoms with van der Waals surface area (Å²) in [6.07, 6.45) is 26.3. The Morgan fingerprint density at radius 2 is 1.52 bits per heavy atom. The van der Waals surface area contributed by atoms with Gasteiger partial charge in [0.25, 0.3) is 0 Å². The number of hydrogen-bond acceptors (Lipinski definition) is 4. The van der Waals surface area contributed by atoms with Crippen molar-refractivity contribution >= 4 is 17.7 Å². The van der Waals surface area contributed by atoms with E-state index in [-0.39, 0.29) is 35.2 Å². The maximum atomic E-state index is 13.2. The number of aliphatic hydroxyl groups excluding tert-OH is 1.